The molecule has 1 rings (SSSR count). The Hall–Kier alpha value is -2.08. The normalized spacial score (nSPS) is 12.3. The number of nitrogens with one attached hydrogen (secondary N) is 2. The van der Waals surface area contributed by atoms with Gasteiger partial charge in [-0.15, -0.1) is 0 Å². The predicted octanol–water partition coefficient (Wildman–Crippen LogP) is 5.19. The molecule has 0 aliphatic heterocycles. The zero-order chi connectivity index (χ0) is 22.4. The number of hydrogen-bond donors (Lipinski definition) is 3. The molecule has 0 radical (unpaired) electrons. The molecular weight excluding hydrogens is 380 g/mol. The summed E-state index contributed by atoms with van der Waals surface area (Å²) in [6, 6.07) is 6.63. The molecule has 0 unspecified atom stereocenters. The Bertz CT molecular complexity index is 623. The number of rotatable bonds is 13. The Kier molecular flexibility index (Phi) is 12.1. The molecule has 0 aromatic heterocycles. The molecule has 30 heavy (non-hydrogen) atoms. The molecule has 3 N–H and O–H groups in total. The molecule has 0 saturated carbocycles. The molecule has 6 heteroatoms. The SMILES string of the molecule is CCCCCCCCCCc1ccc(NC(=O)[C@@H](CO)NC(=O)OC(C)(C)C)cc1. The van der Waals surface area contributed by atoms with Crippen molar-refractivity contribution in [1.82, 2.24) is 5.32 Å². The molecule has 1 atom stereocenters. The number of benzene rings is 1. The third-order valence-electron chi connectivity index (χ3n) is 4.73. The zero-order valence-corrected chi connectivity index (χ0v) is 19.1. The fourth-order valence-electron chi connectivity index (χ4n) is 3.09. The van der Waals surface area contributed by atoms with Crippen LogP contribution in [0.25, 0.3) is 0 Å². The van der Waals surface area contributed by atoms with E-state index in [0.29, 0.717) is 5.69 Å². The van der Waals surface area contributed by atoms with Gasteiger partial charge in [0.05, 0.1) is 6.61 Å². The quantitative estimate of drug-likeness (QED) is 0.383. The molecule has 1 aromatic carbocycles. The average Bonchev–Trinajstić information content (AvgIpc) is 2.68. The minimum Gasteiger partial charge on any atom is -0.444 e. The summed E-state index contributed by atoms with van der Waals surface area (Å²) in [7, 11) is 0. The van der Waals surface area contributed by atoms with Crippen molar-refractivity contribution in [1.29, 1.82) is 0 Å². The summed E-state index contributed by atoms with van der Waals surface area (Å²) >= 11 is 0. The standard InChI is InChI=1S/C24H40N2O4/c1-5-6-7-8-9-10-11-12-13-19-14-16-20(17-15-19)25-22(28)21(18-27)26-23(29)30-24(2,3)4/h14-17,21,27H,5-13,18H2,1-4H3,(H,25,28)(H,26,29)/t21-/m1/s1. The Morgan fingerprint density at radius 2 is 1.53 bits per heavy atom. The van der Waals surface area contributed by atoms with Gasteiger partial charge in [-0.2, -0.15) is 0 Å². The van der Waals surface area contributed by atoms with E-state index in [1.165, 1.54) is 56.9 Å². The van der Waals surface area contributed by atoms with Gasteiger partial charge in [0.15, 0.2) is 0 Å². The van der Waals surface area contributed by atoms with Crippen molar-refractivity contribution in [2.45, 2.75) is 97.1 Å². The van der Waals surface area contributed by atoms with Gasteiger partial charge < -0.3 is 20.5 Å². The minimum absolute atomic E-state index is 0.487. The van der Waals surface area contributed by atoms with Crippen molar-refractivity contribution < 1.29 is 19.4 Å². The molecule has 1 aromatic rings. The number of carbonyl (C=O) groups excluding carboxylic acids is 2. The monoisotopic (exact) mass is 420 g/mol. The van der Waals surface area contributed by atoms with Gasteiger partial charge in [0.2, 0.25) is 5.91 Å². The van der Waals surface area contributed by atoms with E-state index in [0.717, 1.165) is 6.42 Å². The van der Waals surface area contributed by atoms with Crippen LogP contribution in [0.1, 0.15) is 84.6 Å². The third-order valence-corrected chi connectivity index (χ3v) is 4.73. The summed E-state index contributed by atoms with van der Waals surface area (Å²) in [4.78, 5) is 24.1. The highest BCUT2D eigenvalue weighted by molar-refractivity contribution is 5.96. The van der Waals surface area contributed by atoms with Crippen molar-refractivity contribution in [3.8, 4) is 0 Å². The van der Waals surface area contributed by atoms with Crippen LogP contribution in [0.15, 0.2) is 24.3 Å². The lowest BCUT2D eigenvalue weighted by molar-refractivity contribution is -0.119. The second-order valence-corrected chi connectivity index (χ2v) is 8.79. The van der Waals surface area contributed by atoms with E-state index in [9.17, 15) is 14.7 Å². The number of aryl methyl sites for hydroxylation is 1. The van der Waals surface area contributed by atoms with Crippen molar-refractivity contribution in [3.05, 3.63) is 29.8 Å². The lowest BCUT2D eigenvalue weighted by Gasteiger charge is -2.22. The van der Waals surface area contributed by atoms with Crippen LogP contribution in [0.4, 0.5) is 10.5 Å². The average molecular weight is 421 g/mol. The summed E-state index contributed by atoms with van der Waals surface area (Å²) in [6.45, 7) is 6.92. The van der Waals surface area contributed by atoms with Crippen molar-refractivity contribution in [2.75, 3.05) is 11.9 Å². The number of aliphatic hydroxyl groups excluding tert-OH is 1. The van der Waals surface area contributed by atoms with Crippen molar-refractivity contribution >= 4 is 17.7 Å². The number of unbranched alkanes of at least 4 members (excludes halogenated alkanes) is 7. The first-order valence-electron chi connectivity index (χ1n) is 11.3. The highest BCUT2D eigenvalue weighted by Gasteiger charge is 2.23. The number of aliphatic hydroxyl groups is 1. The first kappa shape index (κ1) is 26.0. The van der Waals surface area contributed by atoms with E-state index in [-0.39, 0.29) is 0 Å². The van der Waals surface area contributed by atoms with Gasteiger partial charge in [0.25, 0.3) is 0 Å². The highest BCUT2D eigenvalue weighted by atomic mass is 16.6. The molecule has 0 aliphatic rings. The predicted molar refractivity (Wildman–Crippen MR) is 122 cm³/mol. The first-order valence-corrected chi connectivity index (χ1v) is 11.3. The van der Waals surface area contributed by atoms with Crippen molar-refractivity contribution in [2.24, 2.45) is 0 Å². The summed E-state index contributed by atoms with van der Waals surface area (Å²) in [5, 5.41) is 14.5. The van der Waals surface area contributed by atoms with Crippen LogP contribution in [0.3, 0.4) is 0 Å². The van der Waals surface area contributed by atoms with E-state index in [4.69, 9.17) is 4.74 Å². The lowest BCUT2D eigenvalue weighted by Crippen LogP contribution is -2.47. The van der Waals surface area contributed by atoms with Crippen LogP contribution in [0.2, 0.25) is 0 Å². The van der Waals surface area contributed by atoms with Crippen LogP contribution in [0, 0.1) is 0 Å². The molecule has 170 valence electrons. The van der Waals surface area contributed by atoms with Gasteiger partial charge in [0, 0.05) is 5.69 Å². The van der Waals surface area contributed by atoms with Crippen LogP contribution >= 0.6 is 0 Å². The zero-order valence-electron chi connectivity index (χ0n) is 19.1. The maximum Gasteiger partial charge on any atom is 0.408 e. The van der Waals surface area contributed by atoms with E-state index >= 15 is 0 Å². The Labute approximate surface area is 181 Å². The Morgan fingerprint density at radius 3 is 2.07 bits per heavy atom. The topological polar surface area (TPSA) is 87.7 Å². The third kappa shape index (κ3) is 11.8. The first-order chi connectivity index (χ1) is 14.2. The van der Waals surface area contributed by atoms with Gasteiger partial charge in [0.1, 0.15) is 11.6 Å². The molecule has 6 nitrogen and oxygen atoms in total. The van der Waals surface area contributed by atoms with E-state index in [1.54, 1.807) is 20.8 Å². The Morgan fingerprint density at radius 1 is 0.967 bits per heavy atom. The second kappa shape index (κ2) is 14.0. The van der Waals surface area contributed by atoms with E-state index in [1.807, 2.05) is 24.3 Å². The molecule has 0 fully saturated rings. The van der Waals surface area contributed by atoms with Crippen LogP contribution in [-0.4, -0.2) is 35.4 Å². The molecule has 0 spiro atoms. The van der Waals surface area contributed by atoms with E-state index < -0.39 is 30.3 Å². The number of ether oxygens (including phenoxy) is 1. The Balaban J connectivity index is 2.36. The van der Waals surface area contributed by atoms with Gasteiger partial charge >= 0.3 is 6.09 Å². The molecule has 0 bridgehead atoms. The summed E-state index contributed by atoms with van der Waals surface area (Å²) < 4.78 is 5.12. The van der Waals surface area contributed by atoms with Crippen molar-refractivity contribution in [3.63, 3.8) is 0 Å². The van der Waals surface area contributed by atoms with Crippen LogP contribution in [-0.2, 0) is 16.0 Å². The number of alkyl carbamates (subject to hydrolysis) is 1. The number of amides is 2. The van der Waals surface area contributed by atoms with Crippen LogP contribution < -0.4 is 10.6 Å². The molecule has 2 amide bonds. The molecular formula is C24H40N2O4. The fraction of sp³-hybridized carbons (Fsp3) is 0.667. The number of hydrogen-bond acceptors (Lipinski definition) is 4. The van der Waals surface area contributed by atoms with Gasteiger partial charge in [-0.25, -0.2) is 4.79 Å². The summed E-state index contributed by atoms with van der Waals surface area (Å²) in [6.07, 6.45) is 10.7. The minimum atomic E-state index is -1.07. The second-order valence-electron chi connectivity index (χ2n) is 8.79. The van der Waals surface area contributed by atoms with E-state index in [2.05, 4.69) is 17.6 Å². The maximum absolute atomic E-state index is 12.3. The lowest BCUT2D eigenvalue weighted by atomic mass is 10.0. The molecule has 0 saturated heterocycles. The molecule has 0 aliphatic carbocycles. The van der Waals surface area contributed by atoms with Crippen LogP contribution in [0.5, 0.6) is 0 Å². The highest BCUT2D eigenvalue weighted by Crippen LogP contribution is 2.14. The summed E-state index contributed by atoms with van der Waals surface area (Å²) in [5.74, 6) is -0.487. The number of carbonyl (C=O) groups is 2. The van der Waals surface area contributed by atoms with Gasteiger partial charge in [-0.1, -0.05) is 64.0 Å². The largest absolute Gasteiger partial charge is 0.444 e. The van der Waals surface area contributed by atoms with Gasteiger partial charge in [-0.3, -0.25) is 4.79 Å². The van der Waals surface area contributed by atoms with Gasteiger partial charge in [-0.05, 0) is 51.3 Å². The number of anilines is 1. The summed E-state index contributed by atoms with van der Waals surface area (Å²) in [5.41, 5.74) is 1.19. The molecule has 0 heterocycles. The smallest absolute Gasteiger partial charge is 0.408 e. The fourth-order valence-corrected chi connectivity index (χ4v) is 3.09. The maximum atomic E-state index is 12.3.